The molecule has 2 amide bonds. The number of aryl methyl sites for hydroxylation is 3. The Labute approximate surface area is 216 Å². The number of carbonyl (C=O) groups excluding carboxylic acids is 2. The Morgan fingerprint density at radius 3 is 2.11 bits per heavy atom. The minimum absolute atomic E-state index is 0.00180. The van der Waals surface area contributed by atoms with E-state index in [0.717, 1.165) is 35.1 Å². The Bertz CT molecular complexity index is 1110. The van der Waals surface area contributed by atoms with Crippen LogP contribution in [0.25, 0.3) is 0 Å². The Kier molecular flexibility index (Phi) is 10.3. The van der Waals surface area contributed by atoms with E-state index in [-0.39, 0.29) is 17.9 Å². The predicted molar refractivity (Wildman–Crippen MR) is 148 cm³/mol. The Balaban J connectivity index is 1.90. The van der Waals surface area contributed by atoms with Crippen molar-refractivity contribution < 1.29 is 9.59 Å². The van der Waals surface area contributed by atoms with Gasteiger partial charge in [0.25, 0.3) is 0 Å². The van der Waals surface area contributed by atoms with Crippen LogP contribution < -0.4 is 5.32 Å². The highest BCUT2D eigenvalue weighted by Gasteiger charge is 2.31. The predicted octanol–water partition coefficient (Wildman–Crippen LogP) is 6.04. The third-order valence-electron chi connectivity index (χ3n) is 6.93. The molecule has 36 heavy (non-hydrogen) atoms. The van der Waals surface area contributed by atoms with Crippen molar-refractivity contribution >= 4 is 11.8 Å². The van der Waals surface area contributed by atoms with Crippen LogP contribution in [0.1, 0.15) is 61.4 Å². The van der Waals surface area contributed by atoms with E-state index in [2.05, 4.69) is 56.4 Å². The van der Waals surface area contributed by atoms with Crippen molar-refractivity contribution in [3.63, 3.8) is 0 Å². The lowest BCUT2D eigenvalue weighted by Crippen LogP contribution is -2.52. The van der Waals surface area contributed by atoms with E-state index < -0.39 is 6.04 Å². The quantitative estimate of drug-likeness (QED) is 0.340. The topological polar surface area (TPSA) is 49.4 Å². The molecule has 0 aliphatic heterocycles. The number of nitrogens with zero attached hydrogens (tertiary/aromatic N) is 1. The van der Waals surface area contributed by atoms with Gasteiger partial charge in [0.15, 0.2) is 0 Å². The van der Waals surface area contributed by atoms with E-state index in [1.807, 2.05) is 55.5 Å². The van der Waals surface area contributed by atoms with Crippen molar-refractivity contribution in [3.8, 4) is 0 Å². The molecule has 0 radical (unpaired) electrons. The number of benzene rings is 3. The van der Waals surface area contributed by atoms with E-state index in [9.17, 15) is 9.59 Å². The molecule has 4 heteroatoms. The number of hydrogen-bond acceptors (Lipinski definition) is 2. The largest absolute Gasteiger partial charge is 0.352 e. The molecule has 4 nitrogen and oxygen atoms in total. The van der Waals surface area contributed by atoms with Gasteiger partial charge in [0, 0.05) is 25.4 Å². The van der Waals surface area contributed by atoms with Crippen LogP contribution in [0.3, 0.4) is 0 Å². The van der Waals surface area contributed by atoms with Crippen molar-refractivity contribution in [1.29, 1.82) is 0 Å². The van der Waals surface area contributed by atoms with Crippen LogP contribution in [0.2, 0.25) is 0 Å². The smallest absolute Gasteiger partial charge is 0.243 e. The maximum Gasteiger partial charge on any atom is 0.243 e. The first-order valence-electron chi connectivity index (χ1n) is 13.2. The lowest BCUT2D eigenvalue weighted by molar-refractivity contribution is -0.141. The summed E-state index contributed by atoms with van der Waals surface area (Å²) < 4.78 is 0. The molecule has 0 unspecified atom stereocenters. The van der Waals surface area contributed by atoms with E-state index >= 15 is 0 Å². The molecule has 190 valence electrons. The summed E-state index contributed by atoms with van der Waals surface area (Å²) in [6, 6.07) is 26.0. The summed E-state index contributed by atoms with van der Waals surface area (Å²) in [6.45, 7) is 8.66. The summed E-state index contributed by atoms with van der Waals surface area (Å²) >= 11 is 0. The van der Waals surface area contributed by atoms with Crippen LogP contribution in [0.5, 0.6) is 0 Å². The van der Waals surface area contributed by atoms with Gasteiger partial charge < -0.3 is 10.2 Å². The number of carbonyl (C=O) groups is 2. The van der Waals surface area contributed by atoms with Gasteiger partial charge in [0.05, 0.1) is 0 Å². The maximum atomic E-state index is 13.8. The highest BCUT2D eigenvalue weighted by atomic mass is 16.2. The summed E-state index contributed by atoms with van der Waals surface area (Å²) in [6.07, 6.45) is 3.32. The molecule has 3 rings (SSSR count). The van der Waals surface area contributed by atoms with E-state index in [4.69, 9.17) is 0 Å². The summed E-state index contributed by atoms with van der Waals surface area (Å²) in [5, 5.41) is 3.14. The second-order valence-corrected chi connectivity index (χ2v) is 9.64. The molecular weight excluding hydrogens is 444 g/mol. The molecule has 0 aliphatic rings. The fraction of sp³-hybridized carbons (Fsp3) is 0.375. The molecule has 2 atom stereocenters. The van der Waals surface area contributed by atoms with Gasteiger partial charge in [0.2, 0.25) is 11.8 Å². The van der Waals surface area contributed by atoms with Crippen LogP contribution in [-0.2, 0) is 35.4 Å². The zero-order valence-electron chi connectivity index (χ0n) is 22.2. The normalized spacial score (nSPS) is 12.6. The lowest BCUT2D eigenvalue weighted by Gasteiger charge is -2.33. The van der Waals surface area contributed by atoms with Crippen molar-refractivity contribution in [3.05, 3.63) is 107 Å². The van der Waals surface area contributed by atoms with Crippen LogP contribution in [0.4, 0.5) is 0 Å². The molecular formula is C32H40N2O2. The standard InChI is InChI=1S/C32H40N2O2/c1-5-25(4)33-32(36)30(22-28-13-8-7-9-14-28)34(23-29-15-11-10-12-24(29)3)31(35)21-20-27-18-16-26(6-2)17-19-27/h7-19,25,30H,5-6,20-23H2,1-4H3,(H,33,36)/t25-,30+/m0/s1. The fourth-order valence-corrected chi connectivity index (χ4v) is 4.30. The van der Waals surface area contributed by atoms with E-state index in [1.54, 1.807) is 4.90 Å². The molecule has 0 saturated heterocycles. The molecule has 3 aromatic carbocycles. The zero-order chi connectivity index (χ0) is 25.9. The molecule has 0 aliphatic carbocycles. The van der Waals surface area contributed by atoms with Crippen LogP contribution >= 0.6 is 0 Å². The van der Waals surface area contributed by atoms with Crippen LogP contribution in [-0.4, -0.2) is 28.8 Å². The van der Waals surface area contributed by atoms with Gasteiger partial charge in [-0.1, -0.05) is 92.7 Å². The molecule has 0 aromatic heterocycles. The third kappa shape index (κ3) is 7.81. The molecule has 0 bridgehead atoms. The van der Waals surface area contributed by atoms with Gasteiger partial charge in [-0.05, 0) is 60.9 Å². The van der Waals surface area contributed by atoms with Crippen molar-refractivity contribution in [2.75, 3.05) is 0 Å². The number of rotatable bonds is 12. The van der Waals surface area contributed by atoms with Gasteiger partial charge in [-0.15, -0.1) is 0 Å². The molecule has 0 saturated carbocycles. The minimum Gasteiger partial charge on any atom is -0.352 e. The van der Waals surface area contributed by atoms with Gasteiger partial charge in [-0.25, -0.2) is 0 Å². The molecule has 0 heterocycles. The van der Waals surface area contributed by atoms with Crippen molar-refractivity contribution in [1.82, 2.24) is 10.2 Å². The first kappa shape index (κ1) is 27.2. The highest BCUT2D eigenvalue weighted by Crippen LogP contribution is 2.19. The SMILES string of the molecule is CCc1ccc(CCC(=O)N(Cc2ccccc2C)[C@H](Cc2ccccc2)C(=O)N[C@@H](C)CC)cc1. The maximum absolute atomic E-state index is 13.8. The Hall–Kier alpha value is -3.40. The minimum atomic E-state index is -0.587. The summed E-state index contributed by atoms with van der Waals surface area (Å²) in [7, 11) is 0. The summed E-state index contributed by atoms with van der Waals surface area (Å²) in [5.41, 5.74) is 5.65. The lowest BCUT2D eigenvalue weighted by atomic mass is 10.00. The van der Waals surface area contributed by atoms with Gasteiger partial charge in [-0.2, -0.15) is 0 Å². The average Bonchev–Trinajstić information content (AvgIpc) is 2.91. The third-order valence-corrected chi connectivity index (χ3v) is 6.93. The van der Waals surface area contributed by atoms with Crippen LogP contribution in [0.15, 0.2) is 78.9 Å². The highest BCUT2D eigenvalue weighted by molar-refractivity contribution is 5.88. The Morgan fingerprint density at radius 1 is 0.833 bits per heavy atom. The van der Waals surface area contributed by atoms with E-state index in [1.165, 1.54) is 5.56 Å². The molecule has 1 N–H and O–H groups in total. The zero-order valence-corrected chi connectivity index (χ0v) is 22.2. The second kappa shape index (κ2) is 13.6. The molecule has 0 fully saturated rings. The number of amides is 2. The number of nitrogens with one attached hydrogen (secondary N) is 1. The first-order valence-corrected chi connectivity index (χ1v) is 13.2. The number of hydrogen-bond donors (Lipinski definition) is 1. The summed E-state index contributed by atoms with van der Waals surface area (Å²) in [4.78, 5) is 29.2. The van der Waals surface area contributed by atoms with Gasteiger partial charge in [0.1, 0.15) is 6.04 Å². The van der Waals surface area contributed by atoms with Crippen molar-refractivity contribution in [2.45, 2.75) is 78.4 Å². The average molecular weight is 485 g/mol. The summed E-state index contributed by atoms with van der Waals surface area (Å²) in [5.74, 6) is -0.0968. The van der Waals surface area contributed by atoms with Gasteiger partial charge >= 0.3 is 0 Å². The molecule has 3 aromatic rings. The second-order valence-electron chi connectivity index (χ2n) is 9.64. The monoisotopic (exact) mass is 484 g/mol. The first-order chi connectivity index (χ1) is 17.4. The van der Waals surface area contributed by atoms with Crippen molar-refractivity contribution in [2.24, 2.45) is 0 Å². The van der Waals surface area contributed by atoms with E-state index in [0.29, 0.717) is 25.8 Å². The molecule has 0 spiro atoms. The fourth-order valence-electron chi connectivity index (χ4n) is 4.30. The van der Waals surface area contributed by atoms with Gasteiger partial charge in [-0.3, -0.25) is 9.59 Å². The van der Waals surface area contributed by atoms with Crippen LogP contribution in [0, 0.1) is 6.92 Å². The Morgan fingerprint density at radius 2 is 1.47 bits per heavy atom.